The van der Waals surface area contributed by atoms with Gasteiger partial charge in [0.2, 0.25) is 0 Å². The van der Waals surface area contributed by atoms with Crippen LogP contribution in [0.4, 0.5) is 39.5 Å². The van der Waals surface area contributed by atoms with E-state index in [1.54, 1.807) is 6.92 Å². The number of alkyl halides is 5. The van der Waals surface area contributed by atoms with Gasteiger partial charge in [-0.2, -0.15) is 22.0 Å². The molecule has 4 aromatic rings. The number of rotatable bonds is 4. The van der Waals surface area contributed by atoms with Gasteiger partial charge in [0.05, 0.1) is 9.40 Å². The van der Waals surface area contributed by atoms with Gasteiger partial charge in [-0.1, -0.05) is 39.0 Å². The summed E-state index contributed by atoms with van der Waals surface area (Å²) in [4.78, 5) is 0. The van der Waals surface area contributed by atoms with Crippen LogP contribution in [0.5, 0.6) is 5.75 Å². The van der Waals surface area contributed by atoms with Gasteiger partial charge in [-0.15, -0.1) is 11.3 Å². The van der Waals surface area contributed by atoms with Gasteiger partial charge in [0.1, 0.15) is 34.3 Å². The molecule has 0 saturated heterocycles. The summed E-state index contributed by atoms with van der Waals surface area (Å²) in [5.74, 6) is -7.68. The zero-order chi connectivity index (χ0) is 26.3. The van der Waals surface area contributed by atoms with Crippen molar-refractivity contribution in [2.45, 2.75) is 39.5 Å². The lowest BCUT2D eigenvalue weighted by Crippen LogP contribution is -2.24. The first-order chi connectivity index (χ1) is 16.3. The molecule has 0 saturated carbocycles. The first-order valence-corrected chi connectivity index (χ1v) is 11.1. The molecule has 0 aliphatic heterocycles. The van der Waals surface area contributed by atoms with E-state index >= 15 is 4.39 Å². The molecule has 0 bridgehead atoms. The van der Waals surface area contributed by atoms with E-state index in [1.807, 2.05) is 13.8 Å². The van der Waals surface area contributed by atoms with Gasteiger partial charge in [0.15, 0.2) is 5.82 Å². The summed E-state index contributed by atoms with van der Waals surface area (Å²) in [6.45, 7) is 5.71. The van der Waals surface area contributed by atoms with Crippen LogP contribution in [0.2, 0.25) is 0 Å². The van der Waals surface area contributed by atoms with Crippen LogP contribution in [-0.4, -0.2) is 0 Å². The van der Waals surface area contributed by atoms with Gasteiger partial charge in [0.25, 0.3) is 0 Å². The molecular formula is C24H17F9OS. The zero-order valence-corrected chi connectivity index (χ0v) is 19.2. The Morgan fingerprint density at radius 3 is 1.80 bits per heavy atom. The molecule has 1 nitrogen and oxygen atoms in total. The standard InChI is InChI=1S/C22H11F9OS.C2H6/c1-2-9-3-4-11-12-5-6-13(18(26)20(12)33-19(11)17(9)25)22(30,31)32-10-7-14(23)16(15(24)8-10)21(27,28)29;1-2/h3-8H,2H2,1H3;1-2H3. The van der Waals surface area contributed by atoms with Crippen LogP contribution in [0.25, 0.3) is 20.2 Å². The predicted octanol–water partition coefficient (Wildman–Crippen LogP) is 9.35. The fourth-order valence-electron chi connectivity index (χ4n) is 3.46. The van der Waals surface area contributed by atoms with Crippen molar-refractivity contribution in [2.75, 3.05) is 0 Å². The topological polar surface area (TPSA) is 9.23 Å². The van der Waals surface area contributed by atoms with E-state index < -0.39 is 52.4 Å². The number of aryl methyl sites for hydroxylation is 1. The lowest BCUT2D eigenvalue weighted by Gasteiger charge is -2.20. The molecule has 35 heavy (non-hydrogen) atoms. The molecule has 1 heterocycles. The molecule has 0 aliphatic carbocycles. The number of halogens is 9. The third-order valence-electron chi connectivity index (χ3n) is 5.01. The first kappa shape index (κ1) is 26.7. The summed E-state index contributed by atoms with van der Waals surface area (Å²) < 4.78 is 128. The largest absolute Gasteiger partial charge is 0.429 e. The van der Waals surface area contributed by atoms with Crippen molar-refractivity contribution in [1.29, 1.82) is 0 Å². The summed E-state index contributed by atoms with van der Waals surface area (Å²) in [5, 5.41) is 0.478. The Morgan fingerprint density at radius 2 is 1.29 bits per heavy atom. The monoisotopic (exact) mass is 524 g/mol. The van der Waals surface area contributed by atoms with Crippen LogP contribution in [0, 0.1) is 23.3 Å². The normalized spacial score (nSPS) is 12.1. The minimum absolute atomic E-state index is 0.0662. The third kappa shape index (κ3) is 4.78. The lowest BCUT2D eigenvalue weighted by molar-refractivity contribution is -0.187. The Bertz CT molecular complexity index is 1370. The molecule has 0 unspecified atom stereocenters. The average molecular weight is 524 g/mol. The van der Waals surface area contributed by atoms with Crippen LogP contribution >= 0.6 is 11.3 Å². The zero-order valence-electron chi connectivity index (χ0n) is 18.4. The fraction of sp³-hybridized carbons (Fsp3) is 0.250. The van der Waals surface area contributed by atoms with Gasteiger partial charge in [-0.3, -0.25) is 0 Å². The van der Waals surface area contributed by atoms with Gasteiger partial charge in [0, 0.05) is 22.9 Å². The Balaban J connectivity index is 0.00000167. The molecule has 11 heteroatoms. The van der Waals surface area contributed by atoms with Gasteiger partial charge >= 0.3 is 12.3 Å². The molecular weight excluding hydrogens is 507 g/mol. The van der Waals surface area contributed by atoms with Crippen LogP contribution < -0.4 is 4.74 Å². The molecule has 0 N–H and O–H groups in total. The highest BCUT2D eigenvalue weighted by molar-refractivity contribution is 7.25. The highest BCUT2D eigenvalue weighted by Crippen LogP contribution is 2.43. The smallest absolute Gasteiger partial charge is 0.429 e. The summed E-state index contributed by atoms with van der Waals surface area (Å²) in [6.07, 6.45) is -9.56. The summed E-state index contributed by atoms with van der Waals surface area (Å²) in [7, 11) is 0. The van der Waals surface area contributed by atoms with Crippen LogP contribution in [0.15, 0.2) is 36.4 Å². The molecule has 3 aromatic carbocycles. The number of hydrogen-bond acceptors (Lipinski definition) is 2. The van der Waals surface area contributed by atoms with Gasteiger partial charge in [-0.25, -0.2) is 17.6 Å². The Labute approximate surface area is 197 Å². The lowest BCUT2D eigenvalue weighted by atomic mass is 10.1. The van der Waals surface area contributed by atoms with Crippen molar-refractivity contribution in [3.63, 3.8) is 0 Å². The Kier molecular flexibility index (Phi) is 7.31. The number of fused-ring (bicyclic) bond motifs is 3. The van der Waals surface area contributed by atoms with Crippen LogP contribution in [-0.2, 0) is 18.7 Å². The molecule has 0 aliphatic rings. The molecule has 0 radical (unpaired) electrons. The fourth-order valence-corrected chi connectivity index (χ4v) is 4.66. The maximum absolute atomic E-state index is 15.0. The second kappa shape index (κ2) is 9.60. The van der Waals surface area contributed by atoms with Gasteiger partial charge < -0.3 is 4.74 Å². The molecule has 0 amide bonds. The molecule has 4 rings (SSSR count). The summed E-state index contributed by atoms with van der Waals surface area (Å²) in [5.41, 5.74) is -3.25. The number of benzene rings is 3. The summed E-state index contributed by atoms with van der Waals surface area (Å²) in [6, 6.07) is 4.67. The Hall–Kier alpha value is -2.95. The third-order valence-corrected chi connectivity index (χ3v) is 6.21. The van der Waals surface area contributed by atoms with Crippen molar-refractivity contribution in [1.82, 2.24) is 0 Å². The highest BCUT2D eigenvalue weighted by atomic mass is 32.1. The van der Waals surface area contributed by atoms with Crippen LogP contribution in [0.3, 0.4) is 0 Å². The molecule has 188 valence electrons. The molecule has 0 spiro atoms. The molecule has 0 fully saturated rings. The SMILES string of the molecule is CC.CCc1ccc2c(sc3c(F)c(C(F)(F)Oc4cc(F)c(C(F)(F)F)c(F)c4)ccc32)c1F. The average Bonchev–Trinajstić information content (AvgIpc) is 3.14. The van der Waals surface area contributed by atoms with Crippen molar-refractivity contribution >= 4 is 31.5 Å². The maximum Gasteiger partial charge on any atom is 0.429 e. The van der Waals surface area contributed by atoms with Crippen molar-refractivity contribution in [3.8, 4) is 5.75 Å². The predicted molar refractivity (Wildman–Crippen MR) is 116 cm³/mol. The van der Waals surface area contributed by atoms with Crippen molar-refractivity contribution < 1.29 is 44.3 Å². The quantitative estimate of drug-likeness (QED) is 0.242. The number of hydrogen-bond donors (Lipinski definition) is 0. The van der Waals surface area contributed by atoms with Crippen LogP contribution in [0.1, 0.15) is 37.5 Å². The number of thiophene rings is 1. The van der Waals surface area contributed by atoms with E-state index in [0.29, 0.717) is 34.8 Å². The number of ether oxygens (including phenoxy) is 1. The minimum atomic E-state index is -5.40. The van der Waals surface area contributed by atoms with E-state index in [9.17, 15) is 35.1 Å². The van der Waals surface area contributed by atoms with E-state index in [2.05, 4.69) is 4.74 Å². The van der Waals surface area contributed by atoms with E-state index in [1.165, 1.54) is 12.1 Å². The maximum atomic E-state index is 15.0. The second-order valence-corrected chi connectivity index (χ2v) is 8.07. The van der Waals surface area contributed by atoms with E-state index in [0.717, 1.165) is 6.07 Å². The second-order valence-electron chi connectivity index (χ2n) is 7.05. The Morgan fingerprint density at radius 1 is 0.771 bits per heavy atom. The van der Waals surface area contributed by atoms with Crippen molar-refractivity contribution in [3.05, 3.63) is 76.4 Å². The van der Waals surface area contributed by atoms with Crippen molar-refractivity contribution in [2.24, 2.45) is 0 Å². The minimum Gasteiger partial charge on any atom is -0.429 e. The summed E-state index contributed by atoms with van der Waals surface area (Å²) >= 11 is 0.607. The highest BCUT2D eigenvalue weighted by Gasteiger charge is 2.41. The first-order valence-electron chi connectivity index (χ1n) is 10.3. The molecule has 0 atom stereocenters. The van der Waals surface area contributed by atoms with Gasteiger partial charge in [-0.05, 0) is 18.1 Å². The van der Waals surface area contributed by atoms with E-state index in [4.69, 9.17) is 0 Å². The molecule has 1 aromatic heterocycles. The van der Waals surface area contributed by atoms with E-state index in [-0.39, 0.29) is 26.9 Å².